The minimum Gasteiger partial charge on any atom is -0.350 e. The maximum atomic E-state index is 12.9. The van der Waals surface area contributed by atoms with Crippen molar-refractivity contribution in [2.75, 3.05) is 13.1 Å². The highest BCUT2D eigenvalue weighted by atomic mass is 19.3. The van der Waals surface area contributed by atoms with E-state index in [1.165, 1.54) is 4.90 Å². The van der Waals surface area contributed by atoms with E-state index in [1.54, 1.807) is 24.3 Å². The zero-order valence-corrected chi connectivity index (χ0v) is 8.21. The van der Waals surface area contributed by atoms with Gasteiger partial charge in [0.2, 0.25) is 0 Å². The quantitative estimate of drug-likeness (QED) is 0.559. The van der Waals surface area contributed by atoms with Gasteiger partial charge >= 0.3 is 0 Å². The molecular formula is C11H12F2N2. The molecule has 0 radical (unpaired) electrons. The highest BCUT2D eigenvalue weighted by molar-refractivity contribution is 5.96. The molecular weight excluding hydrogens is 198 g/mol. The van der Waals surface area contributed by atoms with Crippen LogP contribution in [0.1, 0.15) is 12.0 Å². The molecule has 0 spiro atoms. The summed E-state index contributed by atoms with van der Waals surface area (Å²) in [6.45, 7) is -0.0680. The molecule has 0 saturated carbocycles. The van der Waals surface area contributed by atoms with E-state index in [1.807, 2.05) is 6.07 Å². The van der Waals surface area contributed by atoms with E-state index in [-0.39, 0.29) is 25.3 Å². The van der Waals surface area contributed by atoms with Gasteiger partial charge < -0.3 is 4.90 Å². The SMILES string of the molecule is N=C(c1ccccc1)N1CCC(F)(F)C1. The number of halogens is 2. The average Bonchev–Trinajstić information content (AvgIpc) is 2.59. The van der Waals surface area contributed by atoms with Crippen LogP contribution in [0.15, 0.2) is 30.3 Å². The molecule has 1 saturated heterocycles. The second-order valence-corrected chi connectivity index (χ2v) is 3.74. The first-order valence-corrected chi connectivity index (χ1v) is 4.85. The van der Waals surface area contributed by atoms with Gasteiger partial charge in [-0.15, -0.1) is 0 Å². The van der Waals surface area contributed by atoms with E-state index in [9.17, 15) is 8.78 Å². The first-order valence-electron chi connectivity index (χ1n) is 4.85. The van der Waals surface area contributed by atoms with Crippen LogP contribution < -0.4 is 0 Å². The van der Waals surface area contributed by atoms with Gasteiger partial charge in [-0.05, 0) is 0 Å². The number of likely N-dealkylation sites (tertiary alicyclic amines) is 1. The van der Waals surface area contributed by atoms with Gasteiger partial charge in [0, 0.05) is 18.5 Å². The number of nitrogens with one attached hydrogen (secondary N) is 1. The number of alkyl halides is 2. The summed E-state index contributed by atoms with van der Waals surface area (Å²) >= 11 is 0. The molecule has 0 bridgehead atoms. The molecule has 0 atom stereocenters. The summed E-state index contributed by atoms with van der Waals surface area (Å²) < 4.78 is 25.9. The van der Waals surface area contributed by atoms with Gasteiger partial charge in [0.15, 0.2) is 0 Å². The van der Waals surface area contributed by atoms with Crippen LogP contribution in [0.25, 0.3) is 0 Å². The fourth-order valence-corrected chi connectivity index (χ4v) is 1.71. The minimum atomic E-state index is -2.64. The lowest BCUT2D eigenvalue weighted by molar-refractivity contribution is 0.0175. The van der Waals surface area contributed by atoms with Crippen LogP contribution in [-0.4, -0.2) is 29.7 Å². The van der Waals surface area contributed by atoms with E-state index in [4.69, 9.17) is 5.41 Å². The van der Waals surface area contributed by atoms with Crippen LogP contribution in [0.5, 0.6) is 0 Å². The van der Waals surface area contributed by atoms with Crippen molar-refractivity contribution in [2.45, 2.75) is 12.3 Å². The summed E-state index contributed by atoms with van der Waals surface area (Å²) in [5.74, 6) is -2.45. The van der Waals surface area contributed by atoms with Gasteiger partial charge in [-0.25, -0.2) is 8.78 Å². The minimum absolute atomic E-state index is 0.151. The van der Waals surface area contributed by atoms with Gasteiger partial charge in [-0.2, -0.15) is 0 Å². The van der Waals surface area contributed by atoms with Crippen LogP contribution in [0.3, 0.4) is 0 Å². The summed E-state index contributed by atoms with van der Waals surface area (Å²) in [5.41, 5.74) is 0.690. The summed E-state index contributed by atoms with van der Waals surface area (Å²) in [6, 6.07) is 8.98. The van der Waals surface area contributed by atoms with E-state index in [0.29, 0.717) is 5.56 Å². The Morgan fingerprint density at radius 3 is 2.47 bits per heavy atom. The van der Waals surface area contributed by atoms with Gasteiger partial charge in [0.25, 0.3) is 5.92 Å². The molecule has 15 heavy (non-hydrogen) atoms. The van der Waals surface area contributed by atoms with Crippen LogP contribution in [0.2, 0.25) is 0 Å². The summed E-state index contributed by atoms with van der Waals surface area (Å²) in [4.78, 5) is 1.43. The third-order valence-electron chi connectivity index (χ3n) is 2.53. The predicted molar refractivity (Wildman–Crippen MR) is 54.4 cm³/mol. The molecule has 1 N–H and O–H groups in total. The predicted octanol–water partition coefficient (Wildman–Crippen LogP) is 2.35. The summed E-state index contributed by atoms with van der Waals surface area (Å²) in [7, 11) is 0. The Hall–Kier alpha value is -1.45. The van der Waals surface area contributed by atoms with Crippen molar-refractivity contribution < 1.29 is 8.78 Å². The molecule has 2 rings (SSSR count). The lowest BCUT2D eigenvalue weighted by Crippen LogP contribution is -2.31. The van der Waals surface area contributed by atoms with Crippen molar-refractivity contribution in [3.63, 3.8) is 0 Å². The first-order chi connectivity index (χ1) is 7.08. The summed E-state index contributed by atoms with van der Waals surface area (Å²) in [5, 5.41) is 7.80. The lowest BCUT2D eigenvalue weighted by Gasteiger charge is -2.18. The molecule has 1 aromatic carbocycles. The largest absolute Gasteiger partial charge is 0.350 e. The molecule has 0 amide bonds. The van der Waals surface area contributed by atoms with Gasteiger partial charge in [-0.3, -0.25) is 5.41 Å². The molecule has 0 unspecified atom stereocenters. The number of benzene rings is 1. The molecule has 1 aliphatic heterocycles. The second-order valence-electron chi connectivity index (χ2n) is 3.74. The third kappa shape index (κ3) is 2.14. The van der Waals surface area contributed by atoms with Crippen molar-refractivity contribution in [3.05, 3.63) is 35.9 Å². The molecule has 4 heteroatoms. The maximum Gasteiger partial charge on any atom is 0.266 e. The molecule has 2 nitrogen and oxygen atoms in total. The van der Waals surface area contributed by atoms with E-state index >= 15 is 0 Å². The highest BCUT2D eigenvalue weighted by Crippen LogP contribution is 2.27. The summed E-state index contributed by atoms with van der Waals surface area (Å²) in [6.07, 6.45) is -0.151. The zero-order chi connectivity index (χ0) is 10.9. The van der Waals surface area contributed by atoms with Gasteiger partial charge in [-0.1, -0.05) is 30.3 Å². The fraction of sp³-hybridized carbons (Fsp3) is 0.364. The molecule has 0 aromatic heterocycles. The number of amidine groups is 1. The van der Waals surface area contributed by atoms with Gasteiger partial charge in [0.05, 0.1) is 6.54 Å². The Bertz CT molecular complexity index is 362. The lowest BCUT2D eigenvalue weighted by atomic mass is 10.2. The van der Waals surface area contributed by atoms with Crippen molar-refractivity contribution in [2.24, 2.45) is 0 Å². The zero-order valence-electron chi connectivity index (χ0n) is 8.21. The molecule has 1 aromatic rings. The maximum absolute atomic E-state index is 12.9. The standard InChI is InChI=1S/C11H12F2N2/c12-11(13)6-7-15(8-11)10(14)9-4-2-1-3-5-9/h1-5,14H,6-8H2. The smallest absolute Gasteiger partial charge is 0.266 e. The Kier molecular flexibility index (Phi) is 2.42. The number of nitrogens with zero attached hydrogens (tertiary/aromatic N) is 1. The molecule has 1 aliphatic rings. The van der Waals surface area contributed by atoms with Crippen molar-refractivity contribution >= 4 is 5.84 Å². The monoisotopic (exact) mass is 210 g/mol. The number of hydrogen-bond acceptors (Lipinski definition) is 1. The van der Waals surface area contributed by atoms with Crippen molar-refractivity contribution in [3.8, 4) is 0 Å². The number of rotatable bonds is 1. The number of hydrogen-bond donors (Lipinski definition) is 1. The second kappa shape index (κ2) is 3.61. The van der Waals surface area contributed by atoms with E-state index < -0.39 is 5.92 Å². The Labute approximate surface area is 87.0 Å². The van der Waals surface area contributed by atoms with Gasteiger partial charge in [0.1, 0.15) is 5.84 Å². The third-order valence-corrected chi connectivity index (χ3v) is 2.53. The molecule has 1 heterocycles. The Morgan fingerprint density at radius 2 is 1.93 bits per heavy atom. The highest BCUT2D eigenvalue weighted by Gasteiger charge is 2.39. The normalized spacial score (nSPS) is 19.2. The van der Waals surface area contributed by atoms with Crippen molar-refractivity contribution in [1.82, 2.24) is 4.90 Å². The van der Waals surface area contributed by atoms with Crippen LogP contribution >= 0.6 is 0 Å². The molecule has 80 valence electrons. The topological polar surface area (TPSA) is 27.1 Å². The van der Waals surface area contributed by atoms with E-state index in [0.717, 1.165) is 0 Å². The van der Waals surface area contributed by atoms with E-state index in [2.05, 4.69) is 0 Å². The Balaban J connectivity index is 2.11. The van der Waals surface area contributed by atoms with Crippen LogP contribution in [0.4, 0.5) is 8.78 Å². The van der Waals surface area contributed by atoms with Crippen LogP contribution in [-0.2, 0) is 0 Å². The fourth-order valence-electron chi connectivity index (χ4n) is 1.71. The Morgan fingerprint density at radius 1 is 1.27 bits per heavy atom. The molecule has 0 aliphatic carbocycles. The first kappa shape index (κ1) is 10.1. The van der Waals surface area contributed by atoms with Crippen LogP contribution in [0, 0.1) is 5.41 Å². The average molecular weight is 210 g/mol. The van der Waals surface area contributed by atoms with Crippen molar-refractivity contribution in [1.29, 1.82) is 5.41 Å². The molecule has 1 fully saturated rings.